The number of hydrogen-bond acceptors (Lipinski definition) is 3. The molecule has 0 unspecified atom stereocenters. The Morgan fingerprint density at radius 3 is 2.50 bits per heavy atom. The van der Waals surface area contributed by atoms with Crippen LogP contribution in [0, 0.1) is 0 Å². The third-order valence-electron chi connectivity index (χ3n) is 4.57. The largest absolute Gasteiger partial charge is 0.364 e. The van der Waals surface area contributed by atoms with Gasteiger partial charge in [-0.15, -0.1) is 5.10 Å². The van der Waals surface area contributed by atoms with Gasteiger partial charge >= 0.3 is 0 Å². The van der Waals surface area contributed by atoms with E-state index in [4.69, 9.17) is 0 Å². The Kier molecular flexibility index (Phi) is 3.45. The number of benzene rings is 2. The molecule has 0 radical (unpaired) electrons. The maximum Gasteiger partial charge on any atom is 0.123 e. The summed E-state index contributed by atoms with van der Waals surface area (Å²) in [4.78, 5) is 2.42. The Labute approximate surface area is 142 Å². The minimum atomic E-state index is 0.384. The molecular formula is C20H20N4. The van der Waals surface area contributed by atoms with Crippen molar-refractivity contribution in [3.63, 3.8) is 0 Å². The van der Waals surface area contributed by atoms with E-state index in [-0.39, 0.29) is 0 Å². The Balaban J connectivity index is 2.10. The van der Waals surface area contributed by atoms with Gasteiger partial charge in [0.2, 0.25) is 0 Å². The third kappa shape index (κ3) is 2.14. The lowest BCUT2D eigenvalue weighted by Gasteiger charge is -2.33. The zero-order chi connectivity index (χ0) is 16.7. The summed E-state index contributed by atoms with van der Waals surface area (Å²) < 4.78 is 1.77. The van der Waals surface area contributed by atoms with E-state index in [0.717, 1.165) is 29.1 Å². The molecule has 0 amide bonds. The van der Waals surface area contributed by atoms with Crippen LogP contribution in [0.3, 0.4) is 0 Å². The molecule has 0 spiro atoms. The maximum atomic E-state index is 4.48. The molecule has 2 aromatic carbocycles. The Bertz CT molecular complexity index is 908. The summed E-state index contributed by atoms with van der Waals surface area (Å²) in [5.41, 5.74) is 6.66. The fraction of sp³-hybridized carbons (Fsp3) is 0.200. The highest BCUT2D eigenvalue weighted by atomic mass is 15.4. The number of aromatic nitrogens is 3. The van der Waals surface area contributed by atoms with E-state index in [1.54, 1.807) is 10.9 Å². The number of hydrogen-bond donors (Lipinski definition) is 0. The summed E-state index contributed by atoms with van der Waals surface area (Å²) in [5, 5.41) is 8.78. The maximum absolute atomic E-state index is 4.48. The monoisotopic (exact) mass is 316 g/mol. The van der Waals surface area contributed by atoms with Crippen molar-refractivity contribution in [1.29, 1.82) is 0 Å². The molecule has 2 heterocycles. The Morgan fingerprint density at radius 2 is 1.75 bits per heavy atom. The van der Waals surface area contributed by atoms with Gasteiger partial charge in [0, 0.05) is 35.6 Å². The molecule has 0 bridgehead atoms. The molecule has 0 atom stereocenters. The van der Waals surface area contributed by atoms with Crippen molar-refractivity contribution in [1.82, 2.24) is 15.0 Å². The van der Waals surface area contributed by atoms with E-state index in [2.05, 4.69) is 84.2 Å². The first kappa shape index (κ1) is 14.7. The van der Waals surface area contributed by atoms with Gasteiger partial charge in [0.05, 0.1) is 0 Å². The second-order valence-corrected chi connectivity index (χ2v) is 6.31. The van der Waals surface area contributed by atoms with Gasteiger partial charge < -0.3 is 4.90 Å². The smallest absolute Gasteiger partial charge is 0.123 e. The predicted molar refractivity (Wildman–Crippen MR) is 98.6 cm³/mol. The van der Waals surface area contributed by atoms with Gasteiger partial charge in [-0.25, -0.2) is 4.68 Å². The van der Waals surface area contributed by atoms with Gasteiger partial charge in [0.15, 0.2) is 0 Å². The van der Waals surface area contributed by atoms with Gasteiger partial charge in [-0.05, 0) is 25.5 Å². The summed E-state index contributed by atoms with van der Waals surface area (Å²) in [5.74, 6) is 0. The van der Waals surface area contributed by atoms with E-state index in [1.165, 1.54) is 11.3 Å². The molecule has 0 aliphatic carbocycles. The van der Waals surface area contributed by atoms with Gasteiger partial charge in [-0.3, -0.25) is 0 Å². The van der Waals surface area contributed by atoms with Crippen LogP contribution < -0.4 is 4.90 Å². The van der Waals surface area contributed by atoms with Crippen molar-refractivity contribution < 1.29 is 0 Å². The van der Waals surface area contributed by atoms with Crippen LogP contribution in [0.2, 0.25) is 0 Å². The average molecular weight is 316 g/mol. The first-order chi connectivity index (χ1) is 11.7. The van der Waals surface area contributed by atoms with Gasteiger partial charge in [-0.2, -0.15) is 0 Å². The molecule has 0 N–H and O–H groups in total. The molecule has 0 fully saturated rings. The van der Waals surface area contributed by atoms with Gasteiger partial charge in [0.25, 0.3) is 0 Å². The van der Waals surface area contributed by atoms with E-state index in [9.17, 15) is 0 Å². The lowest BCUT2D eigenvalue weighted by Crippen LogP contribution is -2.31. The van der Waals surface area contributed by atoms with Crippen LogP contribution in [0.5, 0.6) is 0 Å². The number of anilines is 1. The van der Waals surface area contributed by atoms with Crippen molar-refractivity contribution in [2.45, 2.75) is 26.4 Å². The SMILES string of the molecule is C=Cn1nnc2c1-c1ccccc1CN(C(C)C)c1ccccc1-2. The van der Waals surface area contributed by atoms with E-state index in [1.807, 2.05) is 0 Å². The van der Waals surface area contributed by atoms with E-state index < -0.39 is 0 Å². The highest BCUT2D eigenvalue weighted by Gasteiger charge is 2.26. The molecule has 1 aliphatic heterocycles. The minimum absolute atomic E-state index is 0.384. The summed E-state index contributed by atoms with van der Waals surface area (Å²) in [6.07, 6.45) is 1.72. The summed E-state index contributed by atoms with van der Waals surface area (Å²) >= 11 is 0. The summed E-state index contributed by atoms with van der Waals surface area (Å²) in [6, 6.07) is 17.3. The molecule has 4 heteroatoms. The van der Waals surface area contributed by atoms with Crippen molar-refractivity contribution in [2.75, 3.05) is 4.90 Å². The van der Waals surface area contributed by atoms with Crippen LogP contribution in [-0.4, -0.2) is 21.0 Å². The molecule has 4 rings (SSSR count). The highest BCUT2D eigenvalue weighted by Crippen LogP contribution is 2.41. The number of rotatable bonds is 2. The van der Waals surface area contributed by atoms with Crippen molar-refractivity contribution in [2.24, 2.45) is 0 Å². The quantitative estimate of drug-likeness (QED) is 0.701. The van der Waals surface area contributed by atoms with Crippen LogP contribution >= 0.6 is 0 Å². The number of para-hydroxylation sites is 1. The summed E-state index contributed by atoms with van der Waals surface area (Å²) in [6.45, 7) is 9.19. The molecule has 1 aliphatic rings. The number of nitrogens with zero attached hydrogens (tertiary/aromatic N) is 4. The second-order valence-electron chi connectivity index (χ2n) is 6.31. The molecule has 0 saturated carbocycles. The fourth-order valence-corrected chi connectivity index (χ4v) is 3.40. The lowest BCUT2D eigenvalue weighted by atomic mass is 9.95. The summed E-state index contributed by atoms with van der Waals surface area (Å²) in [7, 11) is 0. The Morgan fingerprint density at radius 1 is 1.04 bits per heavy atom. The molecule has 1 aromatic heterocycles. The van der Waals surface area contributed by atoms with Gasteiger partial charge in [0.1, 0.15) is 11.4 Å². The third-order valence-corrected chi connectivity index (χ3v) is 4.57. The fourth-order valence-electron chi connectivity index (χ4n) is 3.40. The molecular weight excluding hydrogens is 296 g/mol. The highest BCUT2D eigenvalue weighted by molar-refractivity contribution is 5.88. The topological polar surface area (TPSA) is 34.0 Å². The first-order valence-electron chi connectivity index (χ1n) is 8.22. The standard InChI is InChI=1S/C20H20N4/c1-4-24-20-16-10-6-5-9-15(16)13-23(14(2)3)18-12-8-7-11-17(18)19(20)21-22-24/h4-12,14H,1,13H2,2-3H3. The molecule has 0 saturated heterocycles. The molecule has 3 aromatic rings. The van der Waals surface area contributed by atoms with Gasteiger partial charge in [-0.1, -0.05) is 54.3 Å². The predicted octanol–water partition coefficient (Wildman–Crippen LogP) is 4.44. The van der Waals surface area contributed by atoms with Crippen molar-refractivity contribution in [3.8, 4) is 22.5 Å². The zero-order valence-electron chi connectivity index (χ0n) is 14.0. The lowest BCUT2D eigenvalue weighted by molar-refractivity contribution is 0.683. The Hall–Kier alpha value is -2.88. The second kappa shape index (κ2) is 5.64. The van der Waals surface area contributed by atoms with Crippen LogP contribution in [0.15, 0.2) is 55.1 Å². The first-order valence-corrected chi connectivity index (χ1v) is 8.22. The van der Waals surface area contributed by atoms with Crippen LogP contribution in [0.1, 0.15) is 19.4 Å². The molecule has 24 heavy (non-hydrogen) atoms. The number of fused-ring (bicyclic) bond motifs is 5. The average Bonchev–Trinajstić information content (AvgIpc) is 3.01. The van der Waals surface area contributed by atoms with Crippen LogP contribution in [0.25, 0.3) is 28.7 Å². The van der Waals surface area contributed by atoms with Crippen molar-refractivity contribution >= 4 is 11.9 Å². The van der Waals surface area contributed by atoms with Crippen LogP contribution in [0.4, 0.5) is 5.69 Å². The minimum Gasteiger partial charge on any atom is -0.364 e. The molecule has 120 valence electrons. The van der Waals surface area contributed by atoms with Crippen molar-refractivity contribution in [3.05, 3.63) is 60.7 Å². The van der Waals surface area contributed by atoms with E-state index in [0.29, 0.717) is 6.04 Å². The zero-order valence-corrected chi connectivity index (χ0v) is 14.0. The van der Waals surface area contributed by atoms with E-state index >= 15 is 0 Å². The van der Waals surface area contributed by atoms with Crippen LogP contribution in [-0.2, 0) is 6.54 Å². The normalized spacial score (nSPS) is 12.9. The molecule has 4 nitrogen and oxygen atoms in total.